The Morgan fingerprint density at radius 1 is 1.26 bits per heavy atom. The van der Waals surface area contributed by atoms with Crippen LogP contribution in [0.25, 0.3) is 0 Å². The molecule has 0 aromatic heterocycles. The maximum absolute atomic E-state index is 10.3. The summed E-state index contributed by atoms with van der Waals surface area (Å²) in [4.78, 5) is 4.38. The SMILES string of the molecule is CN=C(NCC1(C)CCCCC1O)NC1CCCC(SC)C1.I. The van der Waals surface area contributed by atoms with Crippen LogP contribution in [0.5, 0.6) is 0 Å². The van der Waals surface area contributed by atoms with Gasteiger partial charge in [-0.2, -0.15) is 11.8 Å². The van der Waals surface area contributed by atoms with Gasteiger partial charge in [-0.15, -0.1) is 24.0 Å². The molecule has 4 nitrogen and oxygen atoms in total. The van der Waals surface area contributed by atoms with Crippen molar-refractivity contribution in [1.29, 1.82) is 0 Å². The molecule has 0 aliphatic heterocycles. The van der Waals surface area contributed by atoms with Crippen molar-refractivity contribution >= 4 is 41.7 Å². The molecule has 4 unspecified atom stereocenters. The molecule has 2 fully saturated rings. The molecule has 0 bridgehead atoms. The number of thioether (sulfide) groups is 1. The molecule has 2 rings (SSSR count). The van der Waals surface area contributed by atoms with Crippen LogP contribution in [-0.2, 0) is 0 Å². The number of nitrogens with one attached hydrogen (secondary N) is 2. The van der Waals surface area contributed by atoms with E-state index in [2.05, 4.69) is 28.8 Å². The van der Waals surface area contributed by atoms with Crippen LogP contribution < -0.4 is 10.6 Å². The summed E-state index contributed by atoms with van der Waals surface area (Å²) in [6.45, 7) is 2.99. The van der Waals surface area contributed by atoms with Crippen LogP contribution in [0.3, 0.4) is 0 Å². The van der Waals surface area contributed by atoms with E-state index in [-0.39, 0.29) is 35.5 Å². The lowest BCUT2D eigenvalue weighted by atomic mass is 9.73. The van der Waals surface area contributed by atoms with Crippen LogP contribution >= 0.6 is 35.7 Å². The summed E-state index contributed by atoms with van der Waals surface area (Å²) in [5, 5.41) is 18.1. The van der Waals surface area contributed by atoms with Crippen molar-refractivity contribution in [2.75, 3.05) is 19.8 Å². The van der Waals surface area contributed by atoms with E-state index in [1.165, 1.54) is 32.1 Å². The average Bonchev–Trinajstić information content (AvgIpc) is 2.54. The molecule has 0 aromatic carbocycles. The topological polar surface area (TPSA) is 56.7 Å². The minimum atomic E-state index is -0.192. The second-order valence-corrected chi connectivity index (χ2v) is 8.35. The Kier molecular flexibility index (Phi) is 9.59. The van der Waals surface area contributed by atoms with Gasteiger partial charge in [0.05, 0.1) is 6.10 Å². The lowest BCUT2D eigenvalue weighted by molar-refractivity contribution is 0.00394. The van der Waals surface area contributed by atoms with E-state index in [1.54, 1.807) is 0 Å². The first-order valence-electron chi connectivity index (χ1n) is 8.75. The molecular weight excluding hydrogens is 421 g/mol. The van der Waals surface area contributed by atoms with Gasteiger partial charge in [0.25, 0.3) is 0 Å². The van der Waals surface area contributed by atoms with Gasteiger partial charge < -0.3 is 15.7 Å². The first kappa shape index (κ1) is 21.4. The normalized spacial score (nSPS) is 35.3. The van der Waals surface area contributed by atoms with E-state index in [1.807, 2.05) is 18.8 Å². The molecule has 6 heteroatoms. The van der Waals surface area contributed by atoms with Crippen molar-refractivity contribution in [2.24, 2.45) is 10.4 Å². The highest BCUT2D eigenvalue weighted by atomic mass is 127. The van der Waals surface area contributed by atoms with Gasteiger partial charge in [0.1, 0.15) is 0 Å². The van der Waals surface area contributed by atoms with Gasteiger partial charge >= 0.3 is 0 Å². The molecule has 0 spiro atoms. The predicted octanol–water partition coefficient (Wildman–Crippen LogP) is 3.38. The predicted molar refractivity (Wildman–Crippen MR) is 112 cm³/mol. The number of rotatable bonds is 4. The molecule has 2 aliphatic rings. The maximum Gasteiger partial charge on any atom is 0.191 e. The second-order valence-electron chi connectivity index (χ2n) is 7.21. The molecule has 23 heavy (non-hydrogen) atoms. The summed E-state index contributed by atoms with van der Waals surface area (Å²) in [6.07, 6.45) is 11.5. The van der Waals surface area contributed by atoms with Gasteiger partial charge in [0.15, 0.2) is 5.96 Å². The molecule has 0 heterocycles. The highest BCUT2D eigenvalue weighted by Crippen LogP contribution is 2.35. The number of aliphatic hydroxyl groups is 1. The molecule has 136 valence electrons. The molecule has 0 aromatic rings. The Bertz CT molecular complexity index is 383. The van der Waals surface area contributed by atoms with Gasteiger partial charge in [-0.05, 0) is 38.4 Å². The van der Waals surface area contributed by atoms with Crippen LogP contribution in [0.2, 0.25) is 0 Å². The van der Waals surface area contributed by atoms with Gasteiger partial charge in [-0.1, -0.05) is 26.2 Å². The third kappa shape index (κ3) is 6.27. The number of halogens is 1. The first-order valence-corrected chi connectivity index (χ1v) is 10.0. The van der Waals surface area contributed by atoms with Gasteiger partial charge in [0, 0.05) is 30.3 Å². The zero-order valence-electron chi connectivity index (χ0n) is 14.8. The van der Waals surface area contributed by atoms with Crippen molar-refractivity contribution in [2.45, 2.75) is 75.7 Å². The zero-order chi connectivity index (χ0) is 16.0. The summed E-state index contributed by atoms with van der Waals surface area (Å²) < 4.78 is 0. The summed E-state index contributed by atoms with van der Waals surface area (Å²) >= 11 is 1.99. The molecule has 3 N–H and O–H groups in total. The van der Waals surface area contributed by atoms with Crippen molar-refractivity contribution in [3.8, 4) is 0 Å². The van der Waals surface area contributed by atoms with Gasteiger partial charge in [-0.25, -0.2) is 0 Å². The summed E-state index contributed by atoms with van der Waals surface area (Å²) in [5.74, 6) is 0.894. The summed E-state index contributed by atoms with van der Waals surface area (Å²) in [5.41, 5.74) is -0.0236. The fourth-order valence-electron chi connectivity index (χ4n) is 3.75. The molecule has 0 amide bonds. The first-order chi connectivity index (χ1) is 10.6. The quantitative estimate of drug-likeness (QED) is 0.346. The fraction of sp³-hybridized carbons (Fsp3) is 0.941. The summed E-state index contributed by atoms with van der Waals surface area (Å²) in [7, 11) is 1.84. The number of nitrogens with zero attached hydrogens (tertiary/aromatic N) is 1. The van der Waals surface area contributed by atoms with Crippen molar-refractivity contribution in [3.63, 3.8) is 0 Å². The fourth-order valence-corrected chi connectivity index (χ4v) is 4.58. The van der Waals surface area contributed by atoms with E-state index in [0.29, 0.717) is 6.04 Å². The van der Waals surface area contributed by atoms with Gasteiger partial charge in [0.2, 0.25) is 0 Å². The summed E-state index contributed by atoms with van der Waals surface area (Å²) in [6, 6.07) is 0.529. The standard InChI is InChI=1S/C17H33N3OS.HI/c1-17(10-5-4-9-15(17)21)12-19-16(18-2)20-13-7-6-8-14(11-13)22-3;/h13-15,21H,4-12H2,1-3H3,(H2,18,19,20);1H. The van der Waals surface area contributed by atoms with Crippen LogP contribution in [0, 0.1) is 5.41 Å². The van der Waals surface area contributed by atoms with Crippen molar-refractivity contribution < 1.29 is 5.11 Å². The molecule has 4 atom stereocenters. The van der Waals surface area contributed by atoms with Crippen LogP contribution in [0.1, 0.15) is 58.3 Å². The Balaban J connectivity index is 0.00000264. The van der Waals surface area contributed by atoms with Crippen LogP contribution in [0.4, 0.5) is 0 Å². The lowest BCUT2D eigenvalue weighted by Crippen LogP contribution is -2.51. The van der Waals surface area contributed by atoms with E-state index in [4.69, 9.17) is 0 Å². The van der Waals surface area contributed by atoms with E-state index in [9.17, 15) is 5.11 Å². The Hall–Kier alpha value is 0.310. The largest absolute Gasteiger partial charge is 0.392 e. The number of aliphatic imine (C=N–C) groups is 1. The smallest absolute Gasteiger partial charge is 0.191 e. The van der Waals surface area contributed by atoms with Crippen molar-refractivity contribution in [1.82, 2.24) is 10.6 Å². The van der Waals surface area contributed by atoms with Crippen LogP contribution in [-0.4, -0.2) is 48.3 Å². The Labute approximate surface area is 163 Å². The molecule has 0 saturated heterocycles. The Morgan fingerprint density at radius 3 is 2.70 bits per heavy atom. The van der Waals surface area contributed by atoms with E-state index in [0.717, 1.165) is 37.0 Å². The number of hydrogen-bond donors (Lipinski definition) is 3. The maximum atomic E-state index is 10.3. The highest BCUT2D eigenvalue weighted by molar-refractivity contribution is 14.0. The zero-order valence-corrected chi connectivity index (χ0v) is 18.0. The third-order valence-corrected chi connectivity index (χ3v) is 6.56. The second kappa shape index (κ2) is 10.3. The number of guanidine groups is 1. The molecule has 2 aliphatic carbocycles. The van der Waals surface area contributed by atoms with E-state index >= 15 is 0 Å². The Morgan fingerprint density at radius 2 is 2.04 bits per heavy atom. The third-order valence-electron chi connectivity index (χ3n) is 5.46. The number of aliphatic hydroxyl groups excluding tert-OH is 1. The molecular formula is C17H34IN3OS. The lowest BCUT2D eigenvalue weighted by Gasteiger charge is -2.39. The van der Waals surface area contributed by atoms with Crippen LogP contribution in [0.15, 0.2) is 4.99 Å². The minimum Gasteiger partial charge on any atom is -0.392 e. The average molecular weight is 455 g/mol. The van der Waals surface area contributed by atoms with Crippen molar-refractivity contribution in [3.05, 3.63) is 0 Å². The number of hydrogen-bond acceptors (Lipinski definition) is 3. The molecule has 2 saturated carbocycles. The molecule has 0 radical (unpaired) electrons. The minimum absolute atomic E-state index is 0. The van der Waals surface area contributed by atoms with E-state index < -0.39 is 0 Å². The van der Waals surface area contributed by atoms with Gasteiger partial charge in [-0.3, -0.25) is 4.99 Å². The highest BCUT2D eigenvalue weighted by Gasteiger charge is 2.35. The monoisotopic (exact) mass is 455 g/mol.